The molecule has 2 aromatic rings. The van der Waals surface area contributed by atoms with E-state index in [1.54, 1.807) is 6.07 Å². The quantitative estimate of drug-likeness (QED) is 0.871. The van der Waals surface area contributed by atoms with Crippen LogP contribution in [0.5, 0.6) is 0 Å². The van der Waals surface area contributed by atoms with Crippen LogP contribution in [0.1, 0.15) is 40.0 Å². The van der Waals surface area contributed by atoms with Crippen molar-refractivity contribution >= 4 is 5.91 Å². The molecule has 0 aliphatic carbocycles. The number of carbonyl (C=O) groups excluding carboxylic acids is 1. The Kier molecular flexibility index (Phi) is 4.13. The molecule has 104 valence electrons. The summed E-state index contributed by atoms with van der Waals surface area (Å²) in [6.07, 6.45) is 1.32. The molecular weight excluding hydrogens is 255 g/mol. The van der Waals surface area contributed by atoms with Crippen LogP contribution in [0.15, 0.2) is 36.5 Å². The summed E-state index contributed by atoms with van der Waals surface area (Å²) in [4.78, 5) is 15.5. The normalized spacial score (nSPS) is 12.0. The lowest BCUT2D eigenvalue weighted by molar-refractivity contribution is 0.0935. The molecule has 0 saturated carbocycles. The van der Waals surface area contributed by atoms with Gasteiger partial charge in [0, 0.05) is 6.20 Å². The zero-order chi connectivity index (χ0) is 14.7. The maximum atomic E-state index is 13.5. The molecule has 2 rings (SSSR count). The monoisotopic (exact) mass is 272 g/mol. The Bertz CT molecular complexity index is 640. The van der Waals surface area contributed by atoms with Crippen LogP contribution in [0.25, 0.3) is 0 Å². The minimum Gasteiger partial charge on any atom is -0.345 e. The molecule has 1 aromatic carbocycles. The Morgan fingerprint density at radius 2 is 2.05 bits per heavy atom. The van der Waals surface area contributed by atoms with Crippen molar-refractivity contribution in [2.75, 3.05) is 0 Å². The fourth-order valence-electron chi connectivity index (χ4n) is 2.13. The van der Waals surface area contributed by atoms with E-state index in [2.05, 4.69) is 10.3 Å². The number of benzene rings is 1. The molecule has 20 heavy (non-hydrogen) atoms. The molecule has 1 N–H and O–H groups in total. The number of carbonyl (C=O) groups is 1. The van der Waals surface area contributed by atoms with Crippen molar-refractivity contribution in [2.24, 2.45) is 0 Å². The molecule has 1 amide bonds. The zero-order valence-electron chi connectivity index (χ0n) is 11.8. The van der Waals surface area contributed by atoms with Crippen molar-refractivity contribution in [2.45, 2.75) is 26.8 Å². The molecule has 1 unspecified atom stereocenters. The lowest BCUT2D eigenvalue weighted by atomic mass is 10.00. The van der Waals surface area contributed by atoms with E-state index >= 15 is 0 Å². The number of halogens is 1. The van der Waals surface area contributed by atoms with Gasteiger partial charge < -0.3 is 5.32 Å². The highest BCUT2D eigenvalue weighted by Crippen LogP contribution is 2.19. The SMILES string of the molecule is Cc1ccc(C)c(C(C)NC(=O)c2cccnc2F)c1. The topological polar surface area (TPSA) is 42.0 Å². The van der Waals surface area contributed by atoms with Gasteiger partial charge >= 0.3 is 0 Å². The molecule has 0 fully saturated rings. The highest BCUT2D eigenvalue weighted by molar-refractivity contribution is 5.94. The van der Waals surface area contributed by atoms with E-state index in [0.717, 1.165) is 16.7 Å². The van der Waals surface area contributed by atoms with Crippen molar-refractivity contribution in [1.29, 1.82) is 0 Å². The van der Waals surface area contributed by atoms with Crippen molar-refractivity contribution < 1.29 is 9.18 Å². The average molecular weight is 272 g/mol. The van der Waals surface area contributed by atoms with E-state index < -0.39 is 11.9 Å². The fourth-order valence-corrected chi connectivity index (χ4v) is 2.13. The van der Waals surface area contributed by atoms with Gasteiger partial charge in [0.05, 0.1) is 11.6 Å². The minimum absolute atomic E-state index is 0.0374. The standard InChI is InChI=1S/C16H17FN2O/c1-10-6-7-11(2)14(9-10)12(3)19-16(20)13-5-4-8-18-15(13)17/h4-9,12H,1-3H3,(H,19,20). The second-order valence-electron chi connectivity index (χ2n) is 4.90. The zero-order valence-corrected chi connectivity index (χ0v) is 11.8. The molecule has 0 saturated heterocycles. The molecule has 1 aromatic heterocycles. The van der Waals surface area contributed by atoms with Crippen LogP contribution in [0.4, 0.5) is 4.39 Å². The lowest BCUT2D eigenvalue weighted by Gasteiger charge is -2.17. The van der Waals surface area contributed by atoms with E-state index in [1.807, 2.05) is 39.0 Å². The summed E-state index contributed by atoms with van der Waals surface area (Å²) in [5.74, 6) is -1.21. The van der Waals surface area contributed by atoms with Crippen LogP contribution in [0, 0.1) is 19.8 Å². The van der Waals surface area contributed by atoms with Crippen molar-refractivity contribution in [1.82, 2.24) is 10.3 Å². The summed E-state index contributed by atoms with van der Waals surface area (Å²) in [5, 5.41) is 2.80. The summed E-state index contributed by atoms with van der Waals surface area (Å²) in [7, 11) is 0. The molecule has 1 heterocycles. The maximum Gasteiger partial charge on any atom is 0.256 e. The summed E-state index contributed by atoms with van der Waals surface area (Å²) in [6, 6.07) is 8.84. The van der Waals surface area contributed by atoms with Gasteiger partial charge in [0.1, 0.15) is 0 Å². The van der Waals surface area contributed by atoms with E-state index in [-0.39, 0.29) is 11.6 Å². The van der Waals surface area contributed by atoms with Crippen molar-refractivity contribution in [3.63, 3.8) is 0 Å². The predicted octanol–water partition coefficient (Wildman–Crippen LogP) is 3.33. The summed E-state index contributed by atoms with van der Waals surface area (Å²) < 4.78 is 13.5. The number of nitrogens with one attached hydrogen (secondary N) is 1. The third-order valence-electron chi connectivity index (χ3n) is 3.25. The minimum atomic E-state index is -0.752. The number of aromatic nitrogens is 1. The first-order chi connectivity index (χ1) is 9.49. The second kappa shape index (κ2) is 5.82. The number of hydrogen-bond donors (Lipinski definition) is 1. The Morgan fingerprint density at radius 3 is 2.75 bits per heavy atom. The number of aryl methyl sites for hydroxylation is 2. The van der Waals surface area contributed by atoms with Gasteiger partial charge in [-0.3, -0.25) is 4.79 Å². The molecule has 0 aliphatic rings. The van der Waals surface area contributed by atoms with Gasteiger partial charge in [0.2, 0.25) is 5.95 Å². The number of nitrogens with zero attached hydrogens (tertiary/aromatic N) is 1. The molecule has 0 bridgehead atoms. The van der Waals surface area contributed by atoms with Gasteiger partial charge in [-0.05, 0) is 44.0 Å². The Hall–Kier alpha value is -2.23. The maximum absolute atomic E-state index is 13.5. The Labute approximate surface area is 117 Å². The van der Waals surface area contributed by atoms with Crippen LogP contribution in [0.3, 0.4) is 0 Å². The van der Waals surface area contributed by atoms with Crippen LogP contribution in [-0.2, 0) is 0 Å². The number of pyridine rings is 1. The Balaban J connectivity index is 2.19. The predicted molar refractivity (Wildman–Crippen MR) is 76.0 cm³/mol. The van der Waals surface area contributed by atoms with Gasteiger partial charge in [-0.15, -0.1) is 0 Å². The molecule has 0 aliphatic heterocycles. The summed E-state index contributed by atoms with van der Waals surface area (Å²) in [6.45, 7) is 5.87. The van der Waals surface area contributed by atoms with E-state index in [0.29, 0.717) is 0 Å². The van der Waals surface area contributed by atoms with E-state index in [9.17, 15) is 9.18 Å². The highest BCUT2D eigenvalue weighted by atomic mass is 19.1. The molecule has 0 spiro atoms. The van der Waals surface area contributed by atoms with Crippen LogP contribution >= 0.6 is 0 Å². The smallest absolute Gasteiger partial charge is 0.256 e. The van der Waals surface area contributed by atoms with Crippen LogP contribution in [-0.4, -0.2) is 10.9 Å². The highest BCUT2D eigenvalue weighted by Gasteiger charge is 2.16. The number of rotatable bonds is 3. The second-order valence-corrected chi connectivity index (χ2v) is 4.90. The average Bonchev–Trinajstić information content (AvgIpc) is 2.41. The van der Waals surface area contributed by atoms with Gasteiger partial charge in [-0.25, -0.2) is 4.98 Å². The molecule has 4 heteroatoms. The van der Waals surface area contributed by atoms with E-state index in [1.165, 1.54) is 12.3 Å². The first kappa shape index (κ1) is 14.2. The summed E-state index contributed by atoms with van der Waals surface area (Å²) in [5.41, 5.74) is 3.21. The van der Waals surface area contributed by atoms with Crippen molar-refractivity contribution in [3.05, 3.63) is 64.7 Å². The third kappa shape index (κ3) is 3.02. The first-order valence-electron chi connectivity index (χ1n) is 6.47. The molecule has 1 atom stereocenters. The molecule has 0 radical (unpaired) electrons. The number of amides is 1. The third-order valence-corrected chi connectivity index (χ3v) is 3.25. The molecule has 3 nitrogen and oxygen atoms in total. The van der Waals surface area contributed by atoms with Crippen LogP contribution in [0.2, 0.25) is 0 Å². The first-order valence-corrected chi connectivity index (χ1v) is 6.47. The molecular formula is C16H17FN2O. The van der Waals surface area contributed by atoms with Crippen molar-refractivity contribution in [3.8, 4) is 0 Å². The summed E-state index contributed by atoms with van der Waals surface area (Å²) >= 11 is 0. The van der Waals surface area contributed by atoms with Gasteiger partial charge in [-0.2, -0.15) is 4.39 Å². The fraction of sp³-hybridized carbons (Fsp3) is 0.250. The van der Waals surface area contributed by atoms with E-state index in [4.69, 9.17) is 0 Å². The van der Waals surface area contributed by atoms with Crippen LogP contribution < -0.4 is 5.32 Å². The van der Waals surface area contributed by atoms with Gasteiger partial charge in [0.15, 0.2) is 0 Å². The van der Waals surface area contributed by atoms with Gasteiger partial charge in [0.25, 0.3) is 5.91 Å². The lowest BCUT2D eigenvalue weighted by Crippen LogP contribution is -2.28. The Morgan fingerprint density at radius 1 is 1.30 bits per heavy atom. The number of hydrogen-bond acceptors (Lipinski definition) is 2. The largest absolute Gasteiger partial charge is 0.345 e. The van der Waals surface area contributed by atoms with Gasteiger partial charge in [-0.1, -0.05) is 23.8 Å².